The summed E-state index contributed by atoms with van der Waals surface area (Å²) >= 11 is 0. The smallest absolute Gasteiger partial charge is 0.278 e. The normalized spacial score (nSPS) is 13.5. The first-order valence-corrected chi connectivity index (χ1v) is 7.69. The molecule has 0 atom stereocenters. The molecule has 0 saturated heterocycles. The van der Waals surface area contributed by atoms with Gasteiger partial charge in [-0.15, -0.1) is 0 Å². The highest BCUT2D eigenvalue weighted by Crippen LogP contribution is 2.32. The topological polar surface area (TPSA) is 97.0 Å². The van der Waals surface area contributed by atoms with Gasteiger partial charge in [-0.25, -0.2) is 4.72 Å². The number of benzene rings is 1. The van der Waals surface area contributed by atoms with Gasteiger partial charge < -0.3 is 14.8 Å². The fourth-order valence-electron chi connectivity index (χ4n) is 1.62. The van der Waals surface area contributed by atoms with E-state index in [9.17, 15) is 13.2 Å². The van der Waals surface area contributed by atoms with Crippen molar-refractivity contribution in [2.75, 3.05) is 34.0 Å². The second-order valence-electron chi connectivity index (χ2n) is 4.51. The molecule has 0 aromatic heterocycles. The summed E-state index contributed by atoms with van der Waals surface area (Å²) in [5, 5.41) is 2.62. The molecule has 8 nitrogen and oxygen atoms in total. The van der Waals surface area contributed by atoms with Crippen LogP contribution in [0.2, 0.25) is 0 Å². The van der Waals surface area contributed by atoms with Crippen LogP contribution >= 0.6 is 0 Å². The third-order valence-electron chi connectivity index (χ3n) is 2.81. The van der Waals surface area contributed by atoms with E-state index < -0.39 is 10.2 Å². The third kappa shape index (κ3) is 3.84. The lowest BCUT2D eigenvalue weighted by atomic mass is 10.2. The van der Waals surface area contributed by atoms with E-state index in [1.165, 1.54) is 14.1 Å². The Morgan fingerprint density at radius 2 is 1.95 bits per heavy atom. The third-order valence-corrected chi connectivity index (χ3v) is 4.34. The number of rotatable bonds is 6. The lowest BCUT2D eigenvalue weighted by Gasteiger charge is -2.12. The van der Waals surface area contributed by atoms with Crippen LogP contribution in [0.4, 0.5) is 0 Å². The predicted molar refractivity (Wildman–Crippen MR) is 75.5 cm³/mol. The second-order valence-corrected chi connectivity index (χ2v) is 6.47. The maximum atomic E-state index is 11.9. The standard InChI is InChI=1S/C12H17N3O5S/c1-15(2)21(17,18)14-6-5-13-12(16)9-3-4-10-11(7-9)20-8-19-10/h3-4,7,14H,5-6,8H2,1-2H3,(H,13,16). The van der Waals surface area contributed by atoms with Gasteiger partial charge in [0, 0.05) is 32.7 Å². The van der Waals surface area contributed by atoms with Crippen LogP contribution < -0.4 is 19.5 Å². The van der Waals surface area contributed by atoms with Crippen molar-refractivity contribution in [1.82, 2.24) is 14.3 Å². The van der Waals surface area contributed by atoms with Gasteiger partial charge in [-0.05, 0) is 18.2 Å². The molecule has 1 aliphatic heterocycles. The van der Waals surface area contributed by atoms with Gasteiger partial charge in [0.05, 0.1) is 0 Å². The lowest BCUT2D eigenvalue weighted by Crippen LogP contribution is -2.40. The van der Waals surface area contributed by atoms with Crippen molar-refractivity contribution in [3.8, 4) is 11.5 Å². The van der Waals surface area contributed by atoms with Gasteiger partial charge in [0.25, 0.3) is 16.1 Å². The van der Waals surface area contributed by atoms with Crippen molar-refractivity contribution in [2.24, 2.45) is 0 Å². The van der Waals surface area contributed by atoms with Gasteiger partial charge in [-0.2, -0.15) is 12.7 Å². The predicted octanol–water partition coefficient (Wildman–Crippen LogP) is -0.459. The molecule has 0 spiro atoms. The van der Waals surface area contributed by atoms with Crippen LogP contribution in [0.5, 0.6) is 11.5 Å². The number of nitrogens with zero attached hydrogens (tertiary/aromatic N) is 1. The van der Waals surface area contributed by atoms with Crippen LogP contribution in [-0.2, 0) is 10.2 Å². The van der Waals surface area contributed by atoms with E-state index in [1.54, 1.807) is 18.2 Å². The number of carbonyl (C=O) groups is 1. The minimum absolute atomic E-state index is 0.108. The zero-order valence-corrected chi connectivity index (χ0v) is 12.6. The van der Waals surface area contributed by atoms with Crippen LogP contribution in [0.15, 0.2) is 18.2 Å². The summed E-state index contributed by atoms with van der Waals surface area (Å²) in [7, 11) is -0.625. The molecule has 1 heterocycles. The molecule has 0 aliphatic carbocycles. The first-order chi connectivity index (χ1) is 9.90. The van der Waals surface area contributed by atoms with Crippen molar-refractivity contribution in [1.29, 1.82) is 0 Å². The van der Waals surface area contributed by atoms with Crippen molar-refractivity contribution in [3.63, 3.8) is 0 Å². The molecule has 2 rings (SSSR count). The minimum atomic E-state index is -3.47. The van der Waals surface area contributed by atoms with E-state index in [2.05, 4.69) is 10.0 Å². The zero-order chi connectivity index (χ0) is 15.5. The van der Waals surface area contributed by atoms with Gasteiger partial charge in [0.1, 0.15) is 0 Å². The Morgan fingerprint density at radius 3 is 2.67 bits per heavy atom. The van der Waals surface area contributed by atoms with Gasteiger partial charge in [-0.3, -0.25) is 4.79 Å². The average Bonchev–Trinajstić information content (AvgIpc) is 2.90. The molecule has 1 aliphatic rings. The number of fused-ring (bicyclic) bond motifs is 1. The Bertz CT molecular complexity index is 630. The van der Waals surface area contributed by atoms with Crippen molar-refractivity contribution in [2.45, 2.75) is 0 Å². The van der Waals surface area contributed by atoms with Gasteiger partial charge >= 0.3 is 0 Å². The SMILES string of the molecule is CN(C)S(=O)(=O)NCCNC(=O)c1ccc2c(c1)OCO2. The quantitative estimate of drug-likeness (QED) is 0.693. The Labute approximate surface area is 123 Å². The van der Waals surface area contributed by atoms with Crippen LogP contribution in [0.3, 0.4) is 0 Å². The first kappa shape index (κ1) is 15.5. The number of carbonyl (C=O) groups excluding carboxylic acids is 1. The molecule has 0 radical (unpaired) electrons. The molecule has 0 unspecified atom stereocenters. The molecule has 0 bridgehead atoms. The molecular formula is C12H17N3O5S. The first-order valence-electron chi connectivity index (χ1n) is 6.25. The highest BCUT2D eigenvalue weighted by molar-refractivity contribution is 7.87. The summed E-state index contributed by atoms with van der Waals surface area (Å²) in [4.78, 5) is 11.9. The Morgan fingerprint density at radius 1 is 1.24 bits per heavy atom. The van der Waals surface area contributed by atoms with Crippen molar-refractivity contribution < 1.29 is 22.7 Å². The summed E-state index contributed by atoms with van der Waals surface area (Å²) in [5.41, 5.74) is 0.426. The molecule has 21 heavy (non-hydrogen) atoms. The van der Waals surface area contributed by atoms with Crippen LogP contribution in [0.25, 0.3) is 0 Å². The molecule has 1 aromatic carbocycles. The summed E-state index contributed by atoms with van der Waals surface area (Å²) in [5.74, 6) is 0.818. The summed E-state index contributed by atoms with van der Waals surface area (Å²) in [6.07, 6.45) is 0. The maximum absolute atomic E-state index is 11.9. The van der Waals surface area contributed by atoms with E-state index in [1.807, 2.05) is 0 Å². The number of hydrogen-bond acceptors (Lipinski definition) is 5. The molecule has 0 fully saturated rings. The number of hydrogen-bond donors (Lipinski definition) is 2. The lowest BCUT2D eigenvalue weighted by molar-refractivity contribution is 0.0954. The second kappa shape index (κ2) is 6.29. The highest BCUT2D eigenvalue weighted by atomic mass is 32.2. The zero-order valence-electron chi connectivity index (χ0n) is 11.8. The maximum Gasteiger partial charge on any atom is 0.278 e. The Kier molecular flexibility index (Phi) is 4.66. The molecule has 1 aromatic rings. The minimum Gasteiger partial charge on any atom is -0.454 e. The fraction of sp³-hybridized carbons (Fsp3) is 0.417. The van der Waals surface area contributed by atoms with Crippen LogP contribution in [-0.4, -0.2) is 52.6 Å². The van der Waals surface area contributed by atoms with E-state index in [0.29, 0.717) is 17.1 Å². The van der Waals surface area contributed by atoms with Crippen molar-refractivity contribution >= 4 is 16.1 Å². The molecule has 2 N–H and O–H groups in total. The van der Waals surface area contributed by atoms with E-state index in [4.69, 9.17) is 9.47 Å². The summed E-state index contributed by atoms with van der Waals surface area (Å²) in [6.45, 7) is 0.434. The molecule has 116 valence electrons. The fourth-order valence-corrected chi connectivity index (χ4v) is 2.24. The van der Waals surface area contributed by atoms with Gasteiger partial charge in [0.2, 0.25) is 6.79 Å². The average molecular weight is 315 g/mol. The monoisotopic (exact) mass is 315 g/mol. The van der Waals surface area contributed by atoms with Crippen LogP contribution in [0.1, 0.15) is 10.4 Å². The van der Waals surface area contributed by atoms with E-state index in [-0.39, 0.29) is 25.8 Å². The highest BCUT2D eigenvalue weighted by Gasteiger charge is 2.16. The summed E-state index contributed by atoms with van der Waals surface area (Å²) in [6, 6.07) is 4.86. The Hall–Kier alpha value is -1.84. The van der Waals surface area contributed by atoms with Crippen LogP contribution in [0, 0.1) is 0 Å². The van der Waals surface area contributed by atoms with E-state index in [0.717, 1.165) is 4.31 Å². The molecular weight excluding hydrogens is 298 g/mol. The molecule has 0 saturated carbocycles. The van der Waals surface area contributed by atoms with E-state index >= 15 is 0 Å². The number of amides is 1. The summed E-state index contributed by atoms with van der Waals surface area (Å²) < 4.78 is 36.6. The Balaban J connectivity index is 1.83. The number of nitrogens with one attached hydrogen (secondary N) is 2. The van der Waals surface area contributed by atoms with Gasteiger partial charge in [-0.1, -0.05) is 0 Å². The number of ether oxygens (including phenoxy) is 2. The van der Waals surface area contributed by atoms with Gasteiger partial charge in [0.15, 0.2) is 11.5 Å². The molecule has 9 heteroatoms. The molecule has 1 amide bonds. The largest absolute Gasteiger partial charge is 0.454 e. The van der Waals surface area contributed by atoms with Crippen molar-refractivity contribution in [3.05, 3.63) is 23.8 Å².